The highest BCUT2D eigenvalue weighted by Gasteiger charge is 2.20. The molecule has 3 aromatic rings. The van der Waals surface area contributed by atoms with E-state index >= 15 is 0 Å². The molecule has 0 aliphatic carbocycles. The molecule has 2 amide bonds. The lowest BCUT2D eigenvalue weighted by Crippen LogP contribution is -2.30. The predicted octanol–water partition coefficient (Wildman–Crippen LogP) is 2.73. The predicted molar refractivity (Wildman–Crippen MR) is 103 cm³/mol. The van der Waals surface area contributed by atoms with Gasteiger partial charge >= 0.3 is 0 Å². The summed E-state index contributed by atoms with van der Waals surface area (Å²) in [6.07, 6.45) is 6.24. The number of carbonyl (C=O) groups excluding carboxylic acids is 2. The number of anilines is 2. The summed E-state index contributed by atoms with van der Waals surface area (Å²) in [5.41, 5.74) is 1.75. The van der Waals surface area contributed by atoms with E-state index in [1.165, 1.54) is 22.2 Å². The average molecular weight is 361 g/mol. The lowest BCUT2D eigenvalue weighted by molar-refractivity contribution is 0.0986. The fourth-order valence-corrected chi connectivity index (χ4v) is 2.60. The van der Waals surface area contributed by atoms with Crippen LogP contribution in [0.4, 0.5) is 11.6 Å². The second-order valence-electron chi connectivity index (χ2n) is 6.02. The van der Waals surface area contributed by atoms with E-state index in [2.05, 4.69) is 15.0 Å². The van der Waals surface area contributed by atoms with Crippen molar-refractivity contribution in [3.63, 3.8) is 0 Å². The number of aromatic nitrogens is 3. The van der Waals surface area contributed by atoms with Crippen molar-refractivity contribution in [3.8, 4) is 0 Å². The largest absolute Gasteiger partial charge is 0.296 e. The maximum absolute atomic E-state index is 12.7. The molecule has 0 atom stereocenters. The molecule has 7 heteroatoms. The molecule has 0 fully saturated rings. The summed E-state index contributed by atoms with van der Waals surface area (Å²) in [6, 6.07) is 10.4. The van der Waals surface area contributed by atoms with Gasteiger partial charge in [0, 0.05) is 38.9 Å². The number of hydrogen-bond donors (Lipinski definition) is 0. The highest BCUT2D eigenvalue weighted by molar-refractivity contribution is 6.06. The molecule has 0 aromatic carbocycles. The van der Waals surface area contributed by atoms with Crippen LogP contribution < -0.4 is 9.80 Å². The quantitative estimate of drug-likeness (QED) is 0.714. The van der Waals surface area contributed by atoms with Gasteiger partial charge in [0.05, 0.1) is 11.1 Å². The highest BCUT2D eigenvalue weighted by atomic mass is 16.2. The zero-order valence-electron chi connectivity index (χ0n) is 15.3. The number of carbonyl (C=O) groups is 2. The van der Waals surface area contributed by atoms with Crippen LogP contribution in [0.25, 0.3) is 0 Å². The first-order chi connectivity index (χ1) is 13.0. The number of rotatable bonds is 4. The lowest BCUT2D eigenvalue weighted by atomic mass is 10.2. The Kier molecular flexibility index (Phi) is 5.21. The summed E-state index contributed by atoms with van der Waals surface area (Å²) >= 11 is 0. The summed E-state index contributed by atoms with van der Waals surface area (Å²) < 4.78 is 0. The molecule has 0 aliphatic rings. The highest BCUT2D eigenvalue weighted by Crippen LogP contribution is 2.23. The zero-order chi connectivity index (χ0) is 19.4. The van der Waals surface area contributed by atoms with Crippen molar-refractivity contribution in [1.29, 1.82) is 0 Å². The second-order valence-corrected chi connectivity index (χ2v) is 6.02. The number of pyridine rings is 3. The number of nitrogens with zero attached hydrogens (tertiary/aromatic N) is 5. The summed E-state index contributed by atoms with van der Waals surface area (Å²) in [7, 11) is 3.29. The summed E-state index contributed by atoms with van der Waals surface area (Å²) in [6.45, 7) is 1.86. The van der Waals surface area contributed by atoms with E-state index in [1.807, 2.05) is 13.0 Å². The molecule has 27 heavy (non-hydrogen) atoms. The third kappa shape index (κ3) is 3.82. The number of aryl methyl sites for hydroxylation is 1. The minimum Gasteiger partial charge on any atom is -0.296 e. The first-order valence-corrected chi connectivity index (χ1v) is 8.33. The molecule has 0 saturated carbocycles. The average Bonchev–Trinajstić information content (AvgIpc) is 2.73. The molecule has 0 spiro atoms. The van der Waals surface area contributed by atoms with Gasteiger partial charge < -0.3 is 0 Å². The minimum absolute atomic E-state index is 0.225. The molecule has 0 radical (unpaired) electrons. The van der Waals surface area contributed by atoms with Crippen molar-refractivity contribution in [2.75, 3.05) is 23.9 Å². The van der Waals surface area contributed by atoms with E-state index in [9.17, 15) is 9.59 Å². The Morgan fingerprint density at radius 1 is 0.815 bits per heavy atom. The fourth-order valence-electron chi connectivity index (χ4n) is 2.60. The van der Waals surface area contributed by atoms with Crippen molar-refractivity contribution in [3.05, 3.63) is 77.9 Å². The Bertz CT molecular complexity index is 961. The third-order valence-corrected chi connectivity index (χ3v) is 4.14. The maximum atomic E-state index is 12.7. The summed E-state index contributed by atoms with van der Waals surface area (Å²) in [5, 5.41) is 0. The van der Waals surface area contributed by atoms with E-state index < -0.39 is 0 Å². The molecule has 3 rings (SSSR count). The molecule has 0 bridgehead atoms. The lowest BCUT2D eigenvalue weighted by Gasteiger charge is -2.22. The van der Waals surface area contributed by atoms with Gasteiger partial charge in [0.2, 0.25) is 0 Å². The van der Waals surface area contributed by atoms with Gasteiger partial charge in [-0.1, -0.05) is 6.07 Å². The van der Waals surface area contributed by atoms with E-state index in [0.717, 1.165) is 5.56 Å². The maximum Gasteiger partial charge on any atom is 0.260 e. The molecule has 0 N–H and O–H groups in total. The Labute approximate surface area is 157 Å². The molecule has 0 saturated heterocycles. The molecular formula is C20H19N5O2. The van der Waals surface area contributed by atoms with Gasteiger partial charge in [-0.15, -0.1) is 0 Å². The van der Waals surface area contributed by atoms with Crippen molar-refractivity contribution in [2.24, 2.45) is 0 Å². The minimum atomic E-state index is -0.230. The van der Waals surface area contributed by atoms with Crippen LogP contribution in [0.5, 0.6) is 0 Å². The van der Waals surface area contributed by atoms with Crippen molar-refractivity contribution in [2.45, 2.75) is 6.92 Å². The van der Waals surface area contributed by atoms with Gasteiger partial charge in [-0.3, -0.25) is 29.4 Å². The van der Waals surface area contributed by atoms with Crippen LogP contribution in [0, 0.1) is 6.92 Å². The molecule has 0 unspecified atom stereocenters. The molecular weight excluding hydrogens is 342 g/mol. The first-order valence-electron chi connectivity index (χ1n) is 8.33. The summed E-state index contributed by atoms with van der Waals surface area (Å²) in [5.74, 6) is 0.464. The normalized spacial score (nSPS) is 10.3. The molecule has 7 nitrogen and oxygen atoms in total. The van der Waals surface area contributed by atoms with Crippen molar-refractivity contribution >= 4 is 23.5 Å². The number of hydrogen-bond acceptors (Lipinski definition) is 5. The van der Waals surface area contributed by atoms with Crippen molar-refractivity contribution < 1.29 is 9.59 Å². The Hall–Kier alpha value is -3.61. The molecule has 3 heterocycles. The van der Waals surface area contributed by atoms with E-state index in [-0.39, 0.29) is 11.8 Å². The van der Waals surface area contributed by atoms with Gasteiger partial charge in [0.25, 0.3) is 11.8 Å². The molecule has 3 aromatic heterocycles. The smallest absolute Gasteiger partial charge is 0.260 e. The van der Waals surface area contributed by atoms with E-state index in [0.29, 0.717) is 22.8 Å². The zero-order valence-corrected chi connectivity index (χ0v) is 15.3. The fraction of sp³-hybridized carbons (Fsp3) is 0.150. The van der Waals surface area contributed by atoms with Crippen LogP contribution in [-0.4, -0.2) is 40.9 Å². The van der Waals surface area contributed by atoms with Crippen LogP contribution in [0.15, 0.2) is 61.2 Å². The van der Waals surface area contributed by atoms with Crippen LogP contribution >= 0.6 is 0 Å². The first kappa shape index (κ1) is 18.2. The SMILES string of the molecule is Cc1ccc(N(C)C(=O)c2cccnc2)nc1N(C)C(=O)c1cccnc1. The van der Waals surface area contributed by atoms with Crippen LogP contribution in [0.1, 0.15) is 26.3 Å². The Morgan fingerprint density at radius 2 is 1.37 bits per heavy atom. The second kappa shape index (κ2) is 7.74. The topological polar surface area (TPSA) is 79.3 Å². The van der Waals surface area contributed by atoms with Gasteiger partial charge in [0.15, 0.2) is 0 Å². The summed E-state index contributed by atoms with van der Waals surface area (Å²) in [4.78, 5) is 40.7. The van der Waals surface area contributed by atoms with Crippen LogP contribution in [0.2, 0.25) is 0 Å². The van der Waals surface area contributed by atoms with Gasteiger partial charge in [0.1, 0.15) is 11.6 Å². The Balaban J connectivity index is 1.90. The third-order valence-electron chi connectivity index (χ3n) is 4.14. The van der Waals surface area contributed by atoms with Crippen LogP contribution in [0.3, 0.4) is 0 Å². The molecule has 136 valence electrons. The van der Waals surface area contributed by atoms with E-state index in [4.69, 9.17) is 0 Å². The monoisotopic (exact) mass is 361 g/mol. The van der Waals surface area contributed by atoms with Crippen molar-refractivity contribution in [1.82, 2.24) is 15.0 Å². The molecule has 0 aliphatic heterocycles. The van der Waals surface area contributed by atoms with Gasteiger partial charge in [-0.2, -0.15) is 0 Å². The van der Waals surface area contributed by atoms with E-state index in [1.54, 1.807) is 56.8 Å². The standard InChI is InChI=1S/C20H19N5O2/c1-14-8-9-17(24(2)19(26)15-6-4-10-21-12-15)23-18(14)25(3)20(27)16-7-5-11-22-13-16/h4-13H,1-3H3. The Morgan fingerprint density at radius 3 is 1.89 bits per heavy atom. The van der Waals surface area contributed by atoms with Gasteiger partial charge in [-0.05, 0) is 42.8 Å². The number of amides is 2. The van der Waals surface area contributed by atoms with Crippen LogP contribution in [-0.2, 0) is 0 Å². The van der Waals surface area contributed by atoms with Gasteiger partial charge in [-0.25, -0.2) is 4.98 Å².